The number of anilines is 1. The maximum Gasteiger partial charge on any atom is 0.329 e. The minimum atomic E-state index is -0.448. The highest BCUT2D eigenvalue weighted by Crippen LogP contribution is 2.01. The van der Waals surface area contributed by atoms with Crippen molar-refractivity contribution in [2.75, 3.05) is 12.1 Å². The summed E-state index contributed by atoms with van der Waals surface area (Å²) < 4.78 is 1.00. The third kappa shape index (κ3) is 2.55. The summed E-state index contributed by atoms with van der Waals surface area (Å²) in [5.41, 5.74) is -0.802. The monoisotopic (exact) mass is 210 g/mol. The van der Waals surface area contributed by atoms with E-state index in [1.807, 2.05) is 6.92 Å². The Morgan fingerprint density at radius 1 is 1.60 bits per heavy atom. The number of nitrogens with zero attached hydrogens (tertiary/aromatic N) is 3. The largest absolute Gasteiger partial charge is 0.329 e. The van der Waals surface area contributed by atoms with Crippen LogP contribution in [-0.4, -0.2) is 22.8 Å². The van der Waals surface area contributed by atoms with Crippen LogP contribution in [0.3, 0.4) is 0 Å². The van der Waals surface area contributed by atoms with E-state index in [2.05, 4.69) is 10.1 Å². The molecule has 0 aliphatic rings. The van der Waals surface area contributed by atoms with Gasteiger partial charge in [0, 0.05) is 26.4 Å². The molecule has 0 aliphatic heterocycles. The molecule has 6 nitrogen and oxygen atoms in total. The maximum absolute atomic E-state index is 11.3. The minimum Gasteiger partial charge on any atom is -0.292 e. The second-order valence-corrected chi connectivity index (χ2v) is 3.09. The van der Waals surface area contributed by atoms with E-state index in [1.54, 1.807) is 13.3 Å². The van der Waals surface area contributed by atoms with E-state index >= 15 is 0 Å². The van der Waals surface area contributed by atoms with Gasteiger partial charge in [-0.05, 0) is 6.42 Å². The van der Waals surface area contributed by atoms with Crippen LogP contribution in [0.15, 0.2) is 20.8 Å². The van der Waals surface area contributed by atoms with E-state index in [9.17, 15) is 9.59 Å². The molecule has 0 radical (unpaired) electrons. The molecule has 1 aromatic rings. The molecule has 0 saturated carbocycles. The number of aromatic nitrogens is 2. The molecule has 0 aromatic carbocycles. The Bertz CT molecular complexity index is 440. The molecule has 0 saturated heterocycles. The zero-order valence-electron chi connectivity index (χ0n) is 9.02. The molecule has 0 amide bonds. The predicted octanol–water partition coefficient (Wildman–Crippen LogP) is -0.0944. The third-order valence-electron chi connectivity index (χ3n) is 1.92. The molecule has 1 rings (SSSR count). The van der Waals surface area contributed by atoms with E-state index in [4.69, 9.17) is 0 Å². The minimum absolute atomic E-state index is 0.354. The van der Waals surface area contributed by atoms with Gasteiger partial charge in [0.2, 0.25) is 0 Å². The quantitative estimate of drug-likeness (QED) is 0.559. The fourth-order valence-corrected chi connectivity index (χ4v) is 0.984. The van der Waals surface area contributed by atoms with Gasteiger partial charge in [-0.3, -0.25) is 19.4 Å². The molecule has 0 bridgehead atoms. The predicted molar refractivity (Wildman–Crippen MR) is 59.5 cm³/mol. The zero-order valence-corrected chi connectivity index (χ0v) is 9.02. The van der Waals surface area contributed by atoms with Gasteiger partial charge >= 0.3 is 5.69 Å². The van der Waals surface area contributed by atoms with Crippen LogP contribution in [-0.2, 0) is 7.05 Å². The van der Waals surface area contributed by atoms with Crippen molar-refractivity contribution in [2.24, 2.45) is 12.1 Å². The first kappa shape index (κ1) is 11.2. The van der Waals surface area contributed by atoms with Crippen LogP contribution < -0.4 is 16.3 Å². The van der Waals surface area contributed by atoms with Crippen LogP contribution in [0.25, 0.3) is 0 Å². The molecule has 15 heavy (non-hydrogen) atoms. The molecule has 1 N–H and O–H groups in total. The molecule has 0 aliphatic carbocycles. The smallest absolute Gasteiger partial charge is 0.292 e. The van der Waals surface area contributed by atoms with Crippen LogP contribution in [0.1, 0.15) is 13.3 Å². The van der Waals surface area contributed by atoms with Crippen LogP contribution in [0.5, 0.6) is 0 Å². The van der Waals surface area contributed by atoms with Gasteiger partial charge in [0.05, 0.1) is 0 Å². The fraction of sp³-hybridized carbons (Fsp3) is 0.444. The summed E-state index contributed by atoms with van der Waals surface area (Å²) in [6, 6.07) is 1.33. The number of hydrazone groups is 1. The molecule has 1 aromatic heterocycles. The van der Waals surface area contributed by atoms with Crippen molar-refractivity contribution < 1.29 is 0 Å². The van der Waals surface area contributed by atoms with Crippen molar-refractivity contribution in [3.8, 4) is 0 Å². The number of nitrogens with one attached hydrogen (secondary N) is 1. The first-order chi connectivity index (χ1) is 7.06. The highest BCUT2D eigenvalue weighted by Gasteiger charge is 2.03. The van der Waals surface area contributed by atoms with Gasteiger partial charge in [0.1, 0.15) is 5.82 Å². The lowest BCUT2D eigenvalue weighted by Gasteiger charge is -2.11. The average molecular weight is 210 g/mol. The van der Waals surface area contributed by atoms with E-state index in [-0.39, 0.29) is 5.56 Å². The lowest BCUT2D eigenvalue weighted by atomic mass is 10.5. The molecule has 82 valence electrons. The topological polar surface area (TPSA) is 70.5 Å². The van der Waals surface area contributed by atoms with Crippen LogP contribution in [0.4, 0.5) is 5.82 Å². The van der Waals surface area contributed by atoms with E-state index in [0.29, 0.717) is 5.82 Å². The molecule has 0 atom stereocenters. The number of rotatable bonds is 3. The summed E-state index contributed by atoms with van der Waals surface area (Å²) in [6.45, 7) is 1.95. The Morgan fingerprint density at radius 2 is 2.27 bits per heavy atom. The molecular formula is C9H14N4O2. The van der Waals surface area contributed by atoms with Gasteiger partial charge in [0.15, 0.2) is 0 Å². The second kappa shape index (κ2) is 4.59. The van der Waals surface area contributed by atoms with Gasteiger partial charge in [-0.25, -0.2) is 4.79 Å². The standard InChI is InChI=1S/C9H14N4O2/c1-4-5-10-13(3)7-6-8(14)12(2)9(15)11-7/h5-6H,4H2,1-3H3,(H,11,15)/b10-5-. The van der Waals surface area contributed by atoms with E-state index in [1.165, 1.54) is 18.1 Å². The Labute approximate surface area is 86.9 Å². The summed E-state index contributed by atoms with van der Waals surface area (Å²) in [4.78, 5) is 25.1. The van der Waals surface area contributed by atoms with Crippen molar-refractivity contribution in [3.05, 3.63) is 26.9 Å². The van der Waals surface area contributed by atoms with Crippen molar-refractivity contribution in [1.82, 2.24) is 9.55 Å². The Hall–Kier alpha value is -1.85. The first-order valence-electron chi connectivity index (χ1n) is 4.62. The second-order valence-electron chi connectivity index (χ2n) is 3.09. The normalized spacial score (nSPS) is 10.9. The highest BCUT2D eigenvalue weighted by atomic mass is 16.2. The fourth-order valence-electron chi connectivity index (χ4n) is 0.984. The molecule has 0 unspecified atom stereocenters. The van der Waals surface area contributed by atoms with Crippen molar-refractivity contribution in [2.45, 2.75) is 13.3 Å². The molecule has 0 fully saturated rings. The third-order valence-corrected chi connectivity index (χ3v) is 1.92. The SMILES string of the molecule is CC/C=N\N(C)c1cc(=O)n(C)c(=O)[nH]1. The number of hydrogen-bond acceptors (Lipinski definition) is 4. The zero-order chi connectivity index (χ0) is 11.4. The van der Waals surface area contributed by atoms with Gasteiger partial charge in [0.25, 0.3) is 5.56 Å². The average Bonchev–Trinajstić information content (AvgIpc) is 2.21. The summed E-state index contributed by atoms with van der Waals surface area (Å²) in [7, 11) is 3.08. The van der Waals surface area contributed by atoms with Crippen LogP contribution in [0.2, 0.25) is 0 Å². The van der Waals surface area contributed by atoms with E-state index < -0.39 is 5.69 Å². The van der Waals surface area contributed by atoms with Crippen LogP contribution in [0, 0.1) is 0 Å². The summed E-state index contributed by atoms with van der Waals surface area (Å²) in [5.74, 6) is 0.382. The van der Waals surface area contributed by atoms with Gasteiger partial charge in [-0.1, -0.05) is 6.92 Å². The Kier molecular flexibility index (Phi) is 3.43. The van der Waals surface area contributed by atoms with E-state index in [0.717, 1.165) is 11.0 Å². The van der Waals surface area contributed by atoms with Gasteiger partial charge < -0.3 is 0 Å². The van der Waals surface area contributed by atoms with Crippen LogP contribution >= 0.6 is 0 Å². The Balaban J connectivity index is 3.12. The highest BCUT2D eigenvalue weighted by molar-refractivity contribution is 5.58. The maximum atomic E-state index is 11.3. The lowest BCUT2D eigenvalue weighted by Crippen LogP contribution is -2.33. The Morgan fingerprint density at radius 3 is 2.80 bits per heavy atom. The van der Waals surface area contributed by atoms with Crippen molar-refractivity contribution in [1.29, 1.82) is 0 Å². The molecular weight excluding hydrogens is 196 g/mol. The first-order valence-corrected chi connectivity index (χ1v) is 4.62. The van der Waals surface area contributed by atoms with Gasteiger partial charge in [-0.15, -0.1) is 0 Å². The number of H-pyrrole nitrogens is 1. The van der Waals surface area contributed by atoms with Crippen molar-refractivity contribution >= 4 is 12.0 Å². The lowest BCUT2D eigenvalue weighted by molar-refractivity contribution is 0.766. The van der Waals surface area contributed by atoms with Crippen molar-refractivity contribution in [3.63, 3.8) is 0 Å². The molecule has 1 heterocycles. The summed E-state index contributed by atoms with van der Waals surface area (Å²) in [6.07, 6.45) is 2.48. The summed E-state index contributed by atoms with van der Waals surface area (Å²) in [5, 5.41) is 5.47. The molecule has 6 heteroatoms. The number of aromatic amines is 1. The molecule has 0 spiro atoms. The number of hydrogen-bond donors (Lipinski definition) is 1. The summed E-state index contributed by atoms with van der Waals surface area (Å²) >= 11 is 0. The van der Waals surface area contributed by atoms with Gasteiger partial charge in [-0.2, -0.15) is 5.10 Å².